The number of hydrogen-bond acceptors (Lipinski definition) is 3. The van der Waals surface area contributed by atoms with E-state index in [1.165, 1.54) is 0 Å². The first kappa shape index (κ1) is 10.2. The van der Waals surface area contributed by atoms with Gasteiger partial charge in [-0.25, -0.2) is 0 Å². The summed E-state index contributed by atoms with van der Waals surface area (Å²) in [6.07, 6.45) is 1.85. The molecule has 0 aliphatic heterocycles. The summed E-state index contributed by atoms with van der Waals surface area (Å²) >= 11 is 0. The van der Waals surface area contributed by atoms with Gasteiger partial charge in [0.05, 0.1) is 0 Å². The van der Waals surface area contributed by atoms with Gasteiger partial charge in [-0.05, 0) is 32.6 Å². The van der Waals surface area contributed by atoms with E-state index in [4.69, 9.17) is 5.73 Å². The Bertz CT molecular complexity index is 253. The highest BCUT2D eigenvalue weighted by molar-refractivity contribution is 5.16. The van der Waals surface area contributed by atoms with E-state index in [9.17, 15) is 0 Å². The second-order valence-electron chi connectivity index (χ2n) is 3.60. The van der Waals surface area contributed by atoms with Gasteiger partial charge in [0, 0.05) is 24.5 Å². The molecule has 0 amide bonds. The van der Waals surface area contributed by atoms with Crippen molar-refractivity contribution < 1.29 is 0 Å². The fourth-order valence-electron chi connectivity index (χ4n) is 1.20. The van der Waals surface area contributed by atoms with Crippen LogP contribution in [0.2, 0.25) is 0 Å². The lowest BCUT2D eigenvalue weighted by atomic mass is 10.1. The topological polar surface area (TPSA) is 42.1 Å². The van der Waals surface area contributed by atoms with Crippen molar-refractivity contribution in [3.8, 4) is 0 Å². The second-order valence-corrected chi connectivity index (χ2v) is 3.60. The van der Waals surface area contributed by atoms with Crippen molar-refractivity contribution in [3.05, 3.63) is 29.6 Å². The number of likely N-dealkylation sites (N-methyl/N-ethyl adjacent to an activating group) is 1. The summed E-state index contributed by atoms with van der Waals surface area (Å²) < 4.78 is 0. The van der Waals surface area contributed by atoms with Gasteiger partial charge >= 0.3 is 0 Å². The van der Waals surface area contributed by atoms with Gasteiger partial charge < -0.3 is 10.6 Å². The van der Waals surface area contributed by atoms with Gasteiger partial charge in [0.2, 0.25) is 0 Å². The van der Waals surface area contributed by atoms with Gasteiger partial charge in [0.1, 0.15) is 0 Å². The quantitative estimate of drug-likeness (QED) is 0.751. The Balaban J connectivity index is 2.66. The van der Waals surface area contributed by atoms with Crippen molar-refractivity contribution in [2.24, 2.45) is 5.73 Å². The van der Waals surface area contributed by atoms with Crippen molar-refractivity contribution >= 4 is 0 Å². The molecule has 1 atom stereocenters. The second kappa shape index (κ2) is 4.35. The van der Waals surface area contributed by atoms with Gasteiger partial charge in [-0.1, -0.05) is 6.07 Å². The maximum atomic E-state index is 5.96. The van der Waals surface area contributed by atoms with Crippen LogP contribution in [0.15, 0.2) is 18.3 Å². The zero-order valence-corrected chi connectivity index (χ0v) is 8.49. The largest absolute Gasteiger partial charge is 0.323 e. The first-order valence-electron chi connectivity index (χ1n) is 4.42. The summed E-state index contributed by atoms with van der Waals surface area (Å²) in [6.45, 7) is 2.83. The molecule has 0 spiro atoms. The van der Waals surface area contributed by atoms with Crippen LogP contribution >= 0.6 is 0 Å². The molecule has 1 heterocycles. The van der Waals surface area contributed by atoms with Crippen LogP contribution in [0.5, 0.6) is 0 Å². The van der Waals surface area contributed by atoms with Crippen LogP contribution < -0.4 is 5.73 Å². The molecule has 1 aromatic heterocycles. The highest BCUT2D eigenvalue weighted by atomic mass is 15.1. The smallest absolute Gasteiger partial charge is 0.0439 e. The minimum absolute atomic E-state index is 0.0584. The van der Waals surface area contributed by atoms with E-state index in [0.717, 1.165) is 17.8 Å². The molecule has 0 aromatic carbocycles. The predicted octanol–water partition coefficient (Wildman–Crippen LogP) is 0.951. The molecule has 0 fully saturated rings. The van der Waals surface area contributed by atoms with Crippen LogP contribution in [-0.4, -0.2) is 30.5 Å². The maximum Gasteiger partial charge on any atom is 0.0439 e. The molecule has 1 aromatic rings. The Morgan fingerprint density at radius 3 is 2.62 bits per heavy atom. The van der Waals surface area contributed by atoms with Crippen molar-refractivity contribution in [1.29, 1.82) is 0 Å². The van der Waals surface area contributed by atoms with Crippen LogP contribution in [0, 0.1) is 6.92 Å². The van der Waals surface area contributed by atoms with Crippen molar-refractivity contribution in [2.45, 2.75) is 13.0 Å². The van der Waals surface area contributed by atoms with E-state index in [1.807, 2.05) is 39.3 Å². The molecule has 0 aliphatic rings. The fourth-order valence-corrected chi connectivity index (χ4v) is 1.20. The lowest BCUT2D eigenvalue weighted by molar-refractivity contribution is 0.376. The Morgan fingerprint density at radius 1 is 1.46 bits per heavy atom. The van der Waals surface area contributed by atoms with Crippen molar-refractivity contribution in [2.75, 3.05) is 20.6 Å². The molecule has 3 nitrogen and oxygen atoms in total. The molecule has 0 radical (unpaired) electrons. The Kier molecular flexibility index (Phi) is 3.39. The first-order valence-corrected chi connectivity index (χ1v) is 4.42. The Labute approximate surface area is 79.6 Å². The van der Waals surface area contributed by atoms with Gasteiger partial charge in [-0.3, -0.25) is 4.98 Å². The van der Waals surface area contributed by atoms with Gasteiger partial charge in [-0.15, -0.1) is 0 Å². The number of aromatic nitrogens is 1. The van der Waals surface area contributed by atoms with E-state index < -0.39 is 0 Å². The Morgan fingerprint density at radius 2 is 2.15 bits per heavy atom. The molecule has 3 heteroatoms. The number of nitrogens with two attached hydrogens (primary N) is 1. The summed E-state index contributed by atoms with van der Waals surface area (Å²) in [5.41, 5.74) is 8.09. The predicted molar refractivity (Wildman–Crippen MR) is 54.5 cm³/mol. The standard InChI is InChI=1S/C10H17N3/c1-8-4-5-9(6-12-8)10(11)7-13(2)3/h4-6,10H,7,11H2,1-3H3. The van der Waals surface area contributed by atoms with Crippen LogP contribution in [0.3, 0.4) is 0 Å². The van der Waals surface area contributed by atoms with E-state index in [-0.39, 0.29) is 6.04 Å². The molecule has 1 unspecified atom stereocenters. The third kappa shape index (κ3) is 3.13. The Hall–Kier alpha value is -0.930. The van der Waals surface area contributed by atoms with Crippen LogP contribution in [0.4, 0.5) is 0 Å². The zero-order chi connectivity index (χ0) is 9.84. The first-order chi connectivity index (χ1) is 6.09. The van der Waals surface area contributed by atoms with Crippen LogP contribution in [-0.2, 0) is 0 Å². The summed E-state index contributed by atoms with van der Waals surface area (Å²) in [5, 5.41) is 0. The van der Waals surface area contributed by atoms with E-state index in [1.54, 1.807) is 0 Å². The summed E-state index contributed by atoms with van der Waals surface area (Å²) in [6, 6.07) is 4.09. The number of pyridine rings is 1. The molecule has 72 valence electrons. The lowest BCUT2D eigenvalue weighted by Crippen LogP contribution is -2.26. The SMILES string of the molecule is Cc1ccc(C(N)CN(C)C)cn1. The molecule has 0 aliphatic carbocycles. The minimum atomic E-state index is 0.0584. The summed E-state index contributed by atoms with van der Waals surface area (Å²) in [4.78, 5) is 6.28. The molecule has 2 N–H and O–H groups in total. The third-order valence-electron chi connectivity index (χ3n) is 1.92. The van der Waals surface area contributed by atoms with Crippen LogP contribution in [0.1, 0.15) is 17.3 Å². The van der Waals surface area contributed by atoms with Gasteiger partial charge in [0.25, 0.3) is 0 Å². The summed E-state index contributed by atoms with van der Waals surface area (Å²) in [5.74, 6) is 0. The number of hydrogen-bond donors (Lipinski definition) is 1. The molecule has 0 bridgehead atoms. The highest BCUT2D eigenvalue weighted by Crippen LogP contribution is 2.09. The lowest BCUT2D eigenvalue weighted by Gasteiger charge is -2.16. The molecule has 1 rings (SSSR count). The third-order valence-corrected chi connectivity index (χ3v) is 1.92. The molecule has 13 heavy (non-hydrogen) atoms. The fraction of sp³-hybridized carbons (Fsp3) is 0.500. The van der Waals surface area contributed by atoms with Gasteiger partial charge in [0.15, 0.2) is 0 Å². The number of nitrogens with zero attached hydrogens (tertiary/aromatic N) is 2. The number of rotatable bonds is 3. The molecular weight excluding hydrogens is 162 g/mol. The minimum Gasteiger partial charge on any atom is -0.323 e. The monoisotopic (exact) mass is 179 g/mol. The van der Waals surface area contributed by atoms with Crippen molar-refractivity contribution in [3.63, 3.8) is 0 Å². The molecule has 0 saturated carbocycles. The average Bonchev–Trinajstić information content (AvgIpc) is 2.04. The molecular formula is C10H17N3. The van der Waals surface area contributed by atoms with Gasteiger partial charge in [-0.2, -0.15) is 0 Å². The summed E-state index contributed by atoms with van der Waals surface area (Å²) in [7, 11) is 4.03. The van der Waals surface area contributed by atoms with E-state index in [2.05, 4.69) is 9.88 Å². The van der Waals surface area contributed by atoms with E-state index >= 15 is 0 Å². The molecule has 0 saturated heterocycles. The highest BCUT2D eigenvalue weighted by Gasteiger charge is 2.06. The average molecular weight is 179 g/mol. The van der Waals surface area contributed by atoms with Crippen molar-refractivity contribution in [1.82, 2.24) is 9.88 Å². The zero-order valence-electron chi connectivity index (χ0n) is 8.49. The van der Waals surface area contributed by atoms with E-state index in [0.29, 0.717) is 0 Å². The maximum absolute atomic E-state index is 5.96. The number of aryl methyl sites for hydroxylation is 1. The van der Waals surface area contributed by atoms with Crippen LogP contribution in [0.25, 0.3) is 0 Å². The normalized spacial score (nSPS) is 13.3.